The van der Waals surface area contributed by atoms with Crippen LogP contribution in [0.15, 0.2) is 125 Å². The highest BCUT2D eigenvalue weighted by Crippen LogP contribution is 2.23. The molecule has 198 valence electrons. The molecule has 3 N–H and O–H groups in total. The number of fused-ring (bicyclic) bond motifs is 1. The van der Waals surface area contributed by atoms with E-state index in [1.54, 1.807) is 42.5 Å². The molecule has 3 amide bonds. The van der Waals surface area contributed by atoms with Gasteiger partial charge in [0.1, 0.15) is 5.70 Å². The van der Waals surface area contributed by atoms with Crippen LogP contribution < -0.4 is 16.0 Å². The van der Waals surface area contributed by atoms with Gasteiger partial charge in [-0.05, 0) is 76.8 Å². The van der Waals surface area contributed by atoms with Gasteiger partial charge < -0.3 is 16.0 Å². The maximum atomic E-state index is 13.1. The molecule has 0 spiro atoms. The number of thiophene rings is 1. The Labute approximate surface area is 240 Å². The Kier molecular flexibility index (Phi) is 8.70. The van der Waals surface area contributed by atoms with E-state index < -0.39 is 5.91 Å². The van der Waals surface area contributed by atoms with Crippen LogP contribution in [-0.4, -0.2) is 23.5 Å². The van der Waals surface area contributed by atoms with Gasteiger partial charge in [-0.15, -0.1) is 23.1 Å². The summed E-state index contributed by atoms with van der Waals surface area (Å²) in [5.74, 6) is -0.659. The Morgan fingerprint density at radius 2 is 1.45 bits per heavy atom. The maximum absolute atomic E-state index is 13.1. The summed E-state index contributed by atoms with van der Waals surface area (Å²) in [6.07, 6.45) is 1.65. The summed E-state index contributed by atoms with van der Waals surface area (Å²) >= 11 is 2.87. The van der Waals surface area contributed by atoms with Crippen LogP contribution in [0.2, 0.25) is 0 Å². The Balaban J connectivity index is 1.18. The van der Waals surface area contributed by atoms with Crippen molar-refractivity contribution >= 4 is 69.0 Å². The predicted octanol–water partition coefficient (Wildman–Crippen LogP) is 7.04. The van der Waals surface area contributed by atoms with Gasteiger partial charge in [-0.25, -0.2) is 0 Å². The summed E-state index contributed by atoms with van der Waals surface area (Å²) in [5.41, 5.74) is 1.92. The van der Waals surface area contributed by atoms with E-state index in [9.17, 15) is 14.4 Å². The zero-order valence-corrected chi connectivity index (χ0v) is 22.9. The summed E-state index contributed by atoms with van der Waals surface area (Å²) in [6, 6.07) is 33.5. The van der Waals surface area contributed by atoms with Crippen molar-refractivity contribution in [3.63, 3.8) is 0 Å². The van der Waals surface area contributed by atoms with Crippen LogP contribution >= 0.6 is 23.1 Å². The molecule has 5 aromatic rings. The molecular formula is C32H25N3O3S2. The molecule has 5 rings (SSSR count). The first-order valence-electron chi connectivity index (χ1n) is 12.5. The smallest absolute Gasteiger partial charge is 0.272 e. The van der Waals surface area contributed by atoms with Crippen LogP contribution in [-0.2, 0) is 9.59 Å². The summed E-state index contributed by atoms with van der Waals surface area (Å²) in [5, 5.41) is 12.6. The first kappa shape index (κ1) is 26.9. The van der Waals surface area contributed by atoms with E-state index in [0.29, 0.717) is 11.3 Å². The molecule has 0 saturated carbocycles. The van der Waals surface area contributed by atoms with E-state index >= 15 is 0 Å². The van der Waals surface area contributed by atoms with E-state index in [1.807, 2.05) is 78.2 Å². The van der Waals surface area contributed by atoms with Gasteiger partial charge in [0, 0.05) is 26.7 Å². The molecule has 1 heterocycles. The molecule has 0 radical (unpaired) electrons. The Hall–Kier alpha value is -4.66. The van der Waals surface area contributed by atoms with Crippen LogP contribution in [0.4, 0.5) is 11.4 Å². The largest absolute Gasteiger partial charge is 0.325 e. The second-order valence-corrected chi connectivity index (χ2v) is 10.8. The zero-order valence-electron chi connectivity index (χ0n) is 21.3. The van der Waals surface area contributed by atoms with Gasteiger partial charge in [0.05, 0.1) is 5.75 Å². The zero-order chi connectivity index (χ0) is 27.7. The monoisotopic (exact) mass is 563 g/mol. The van der Waals surface area contributed by atoms with Gasteiger partial charge in [0.2, 0.25) is 5.91 Å². The summed E-state index contributed by atoms with van der Waals surface area (Å²) in [4.78, 5) is 40.1. The predicted molar refractivity (Wildman–Crippen MR) is 165 cm³/mol. The lowest BCUT2D eigenvalue weighted by Gasteiger charge is -2.11. The van der Waals surface area contributed by atoms with Gasteiger partial charge in [-0.1, -0.05) is 54.6 Å². The van der Waals surface area contributed by atoms with Gasteiger partial charge in [-0.2, -0.15) is 0 Å². The SMILES string of the molecule is O=C(CSc1ccc(NC(=O)/C(=C/c2cccs2)NC(=O)c2ccccc2)cc1)Nc1ccc2ccccc2c1. The van der Waals surface area contributed by atoms with Gasteiger partial charge in [0.25, 0.3) is 11.8 Å². The lowest BCUT2D eigenvalue weighted by atomic mass is 10.1. The molecule has 0 fully saturated rings. The number of amides is 3. The van der Waals surface area contributed by atoms with Crippen LogP contribution in [0.3, 0.4) is 0 Å². The molecule has 0 unspecified atom stereocenters. The third-order valence-corrected chi connectivity index (χ3v) is 7.71. The van der Waals surface area contributed by atoms with Crippen molar-refractivity contribution in [1.29, 1.82) is 0 Å². The van der Waals surface area contributed by atoms with E-state index in [-0.39, 0.29) is 23.3 Å². The number of benzene rings is 4. The molecule has 0 aliphatic heterocycles. The van der Waals surface area contributed by atoms with Crippen molar-refractivity contribution in [2.24, 2.45) is 0 Å². The van der Waals surface area contributed by atoms with Gasteiger partial charge in [-0.3, -0.25) is 14.4 Å². The molecule has 6 nitrogen and oxygen atoms in total. The molecule has 0 atom stereocenters. The van der Waals surface area contributed by atoms with Crippen molar-refractivity contribution in [2.45, 2.75) is 4.90 Å². The summed E-state index contributed by atoms with van der Waals surface area (Å²) in [6.45, 7) is 0. The number of rotatable bonds is 9. The number of thioether (sulfide) groups is 1. The average molecular weight is 564 g/mol. The first-order chi connectivity index (χ1) is 19.5. The second-order valence-electron chi connectivity index (χ2n) is 8.77. The quantitative estimate of drug-likeness (QED) is 0.133. The number of hydrogen-bond acceptors (Lipinski definition) is 5. The fourth-order valence-corrected chi connectivity index (χ4v) is 5.26. The fraction of sp³-hybridized carbons (Fsp3) is 0.0312. The van der Waals surface area contributed by atoms with Crippen LogP contribution in [0, 0.1) is 0 Å². The number of carbonyl (C=O) groups is 3. The van der Waals surface area contributed by atoms with Crippen molar-refractivity contribution in [3.05, 3.63) is 131 Å². The van der Waals surface area contributed by atoms with Gasteiger partial charge in [0.15, 0.2) is 0 Å². The number of hydrogen-bond donors (Lipinski definition) is 3. The number of nitrogens with one attached hydrogen (secondary N) is 3. The molecule has 8 heteroatoms. The average Bonchev–Trinajstić information content (AvgIpc) is 3.50. The molecule has 0 aliphatic carbocycles. The second kappa shape index (κ2) is 12.9. The molecule has 1 aromatic heterocycles. The first-order valence-corrected chi connectivity index (χ1v) is 14.3. The van der Waals surface area contributed by atoms with E-state index in [1.165, 1.54) is 23.1 Å². The van der Waals surface area contributed by atoms with Crippen molar-refractivity contribution in [2.75, 3.05) is 16.4 Å². The Morgan fingerprint density at radius 3 is 2.20 bits per heavy atom. The molecule has 0 saturated heterocycles. The minimum atomic E-state index is -0.437. The summed E-state index contributed by atoms with van der Waals surface area (Å²) in [7, 11) is 0. The van der Waals surface area contributed by atoms with E-state index in [2.05, 4.69) is 16.0 Å². The van der Waals surface area contributed by atoms with Crippen molar-refractivity contribution in [1.82, 2.24) is 5.32 Å². The Morgan fingerprint density at radius 1 is 0.725 bits per heavy atom. The van der Waals surface area contributed by atoms with Crippen LogP contribution in [0.25, 0.3) is 16.8 Å². The van der Waals surface area contributed by atoms with Crippen molar-refractivity contribution < 1.29 is 14.4 Å². The van der Waals surface area contributed by atoms with E-state index in [0.717, 1.165) is 26.2 Å². The third-order valence-electron chi connectivity index (χ3n) is 5.87. The topological polar surface area (TPSA) is 87.3 Å². The molecular weight excluding hydrogens is 539 g/mol. The lowest BCUT2D eigenvalue weighted by Crippen LogP contribution is -2.30. The highest BCUT2D eigenvalue weighted by Gasteiger charge is 2.15. The maximum Gasteiger partial charge on any atom is 0.272 e. The van der Waals surface area contributed by atoms with Crippen LogP contribution in [0.5, 0.6) is 0 Å². The number of carbonyl (C=O) groups excluding carboxylic acids is 3. The number of anilines is 2. The van der Waals surface area contributed by atoms with E-state index in [4.69, 9.17) is 0 Å². The molecule has 0 aliphatic rings. The van der Waals surface area contributed by atoms with Crippen molar-refractivity contribution in [3.8, 4) is 0 Å². The molecule has 4 aromatic carbocycles. The standard InChI is InChI=1S/C32H25N3O3S2/c36-30(33-26-13-12-22-7-4-5-10-24(22)19-26)21-40-27-16-14-25(15-17-27)34-32(38)29(20-28-11-6-18-39-28)35-31(37)23-8-2-1-3-9-23/h1-20H,21H2,(H,33,36)(H,34,38)(H,35,37)/b29-20-. The highest BCUT2D eigenvalue weighted by molar-refractivity contribution is 8.00. The Bertz CT molecular complexity index is 1670. The minimum absolute atomic E-state index is 0.102. The summed E-state index contributed by atoms with van der Waals surface area (Å²) < 4.78 is 0. The normalized spacial score (nSPS) is 11.2. The highest BCUT2D eigenvalue weighted by atomic mass is 32.2. The molecule has 0 bridgehead atoms. The fourth-order valence-electron chi connectivity index (χ4n) is 3.90. The lowest BCUT2D eigenvalue weighted by molar-refractivity contribution is -0.114. The third kappa shape index (κ3) is 7.25. The minimum Gasteiger partial charge on any atom is -0.325 e. The van der Waals surface area contributed by atoms with Gasteiger partial charge >= 0.3 is 0 Å². The van der Waals surface area contributed by atoms with Crippen LogP contribution in [0.1, 0.15) is 15.2 Å². The molecule has 40 heavy (non-hydrogen) atoms.